The van der Waals surface area contributed by atoms with Crippen LogP contribution in [0.25, 0.3) is 0 Å². The van der Waals surface area contributed by atoms with E-state index in [4.69, 9.17) is 19.9 Å². The molecular formula is C20H20N2O6. The molecule has 28 heavy (non-hydrogen) atoms. The fourth-order valence-electron chi connectivity index (χ4n) is 4.13. The summed E-state index contributed by atoms with van der Waals surface area (Å²) < 4.78 is 15.8. The first-order chi connectivity index (χ1) is 13.5. The Labute approximate surface area is 161 Å². The number of methoxy groups -OCH3 is 1. The van der Waals surface area contributed by atoms with Gasteiger partial charge in [-0.3, -0.25) is 9.59 Å². The molecule has 8 nitrogen and oxygen atoms in total. The van der Waals surface area contributed by atoms with Gasteiger partial charge in [0.05, 0.1) is 12.2 Å². The molecule has 1 aromatic rings. The second-order valence-corrected chi connectivity index (χ2v) is 6.79. The number of anilines is 1. The molecule has 2 aliphatic heterocycles. The lowest BCUT2D eigenvalue weighted by Crippen LogP contribution is -2.49. The van der Waals surface area contributed by atoms with Crippen LogP contribution in [0.3, 0.4) is 0 Å². The molecule has 4 rings (SSSR count). The van der Waals surface area contributed by atoms with E-state index in [1.54, 1.807) is 24.3 Å². The van der Waals surface area contributed by atoms with Crippen LogP contribution in [-0.2, 0) is 34.0 Å². The third-order valence-electron chi connectivity index (χ3n) is 5.24. The number of para-hydroxylation sites is 1. The van der Waals surface area contributed by atoms with Crippen LogP contribution < -0.4 is 11.1 Å². The van der Waals surface area contributed by atoms with Crippen molar-refractivity contribution in [2.45, 2.75) is 24.7 Å². The lowest BCUT2D eigenvalue weighted by Gasteiger charge is -2.38. The van der Waals surface area contributed by atoms with Gasteiger partial charge in [0.2, 0.25) is 11.8 Å². The van der Waals surface area contributed by atoms with Crippen LogP contribution in [0.15, 0.2) is 47.1 Å². The van der Waals surface area contributed by atoms with Gasteiger partial charge < -0.3 is 25.3 Å². The van der Waals surface area contributed by atoms with E-state index in [0.717, 1.165) is 0 Å². The number of carbonyl (C=O) groups is 3. The van der Waals surface area contributed by atoms with Crippen molar-refractivity contribution in [3.63, 3.8) is 0 Å². The second kappa shape index (κ2) is 6.79. The lowest BCUT2D eigenvalue weighted by atomic mass is 9.65. The van der Waals surface area contributed by atoms with Crippen molar-refractivity contribution in [3.8, 4) is 0 Å². The lowest BCUT2D eigenvalue weighted by molar-refractivity contribution is -0.142. The molecule has 3 N–H and O–H groups in total. The molecule has 0 bridgehead atoms. The monoisotopic (exact) mass is 384 g/mol. The average Bonchev–Trinajstić information content (AvgIpc) is 2.94. The first-order valence-corrected chi connectivity index (χ1v) is 9.03. The van der Waals surface area contributed by atoms with E-state index in [-0.39, 0.29) is 42.4 Å². The van der Waals surface area contributed by atoms with Gasteiger partial charge in [-0.05, 0) is 12.5 Å². The molecule has 0 fully saturated rings. The molecular weight excluding hydrogens is 364 g/mol. The third kappa shape index (κ3) is 2.45. The summed E-state index contributed by atoms with van der Waals surface area (Å²) in [5.74, 6) is -1.44. The van der Waals surface area contributed by atoms with E-state index in [0.29, 0.717) is 29.9 Å². The first-order valence-electron chi connectivity index (χ1n) is 9.03. The zero-order valence-corrected chi connectivity index (χ0v) is 15.4. The maximum absolute atomic E-state index is 13.3. The van der Waals surface area contributed by atoms with Crippen LogP contribution >= 0.6 is 0 Å². The molecule has 0 unspecified atom stereocenters. The maximum atomic E-state index is 13.3. The normalized spacial score (nSPS) is 23.3. The number of benzene rings is 1. The van der Waals surface area contributed by atoms with Crippen molar-refractivity contribution in [1.29, 1.82) is 0 Å². The number of rotatable bonds is 4. The van der Waals surface area contributed by atoms with Crippen LogP contribution in [0.4, 0.5) is 5.69 Å². The topological polar surface area (TPSA) is 117 Å². The summed E-state index contributed by atoms with van der Waals surface area (Å²) in [5, 5.41) is 2.78. The number of ketones is 1. The van der Waals surface area contributed by atoms with Crippen LogP contribution in [0.1, 0.15) is 24.8 Å². The average molecular weight is 384 g/mol. The Morgan fingerprint density at radius 2 is 2.04 bits per heavy atom. The minimum absolute atomic E-state index is 0.0225. The zero-order valence-electron chi connectivity index (χ0n) is 15.4. The first kappa shape index (κ1) is 18.2. The Bertz CT molecular complexity index is 948. The minimum Gasteiger partial charge on any atom is -0.460 e. The molecule has 3 aliphatic rings. The van der Waals surface area contributed by atoms with Gasteiger partial charge in [-0.1, -0.05) is 18.2 Å². The van der Waals surface area contributed by atoms with Gasteiger partial charge in [-0.2, -0.15) is 0 Å². The summed E-state index contributed by atoms with van der Waals surface area (Å²) >= 11 is 0. The van der Waals surface area contributed by atoms with Crippen LogP contribution in [-0.4, -0.2) is 38.0 Å². The van der Waals surface area contributed by atoms with Crippen molar-refractivity contribution < 1.29 is 28.6 Å². The maximum Gasteiger partial charge on any atom is 0.341 e. The molecule has 8 heteroatoms. The van der Waals surface area contributed by atoms with Gasteiger partial charge in [0, 0.05) is 31.2 Å². The molecule has 1 amide bonds. The number of esters is 1. The predicted octanol–water partition coefficient (Wildman–Crippen LogP) is 1.27. The number of hydrogen-bond acceptors (Lipinski definition) is 7. The predicted molar refractivity (Wildman–Crippen MR) is 97.8 cm³/mol. The summed E-state index contributed by atoms with van der Waals surface area (Å²) in [7, 11) is 1.48. The highest BCUT2D eigenvalue weighted by molar-refractivity contribution is 6.22. The SMILES string of the molecule is COCCOC(=O)C1=C(N)OC2=C(C(=O)CCC2)[C@@]12C(=O)Nc1ccccc12. The van der Waals surface area contributed by atoms with Crippen LogP contribution in [0.5, 0.6) is 0 Å². The van der Waals surface area contributed by atoms with Gasteiger partial charge in [0.25, 0.3) is 0 Å². The Balaban J connectivity index is 1.94. The molecule has 1 aliphatic carbocycles. The molecule has 0 radical (unpaired) electrons. The van der Waals surface area contributed by atoms with Gasteiger partial charge in [-0.25, -0.2) is 4.79 Å². The van der Waals surface area contributed by atoms with Gasteiger partial charge in [-0.15, -0.1) is 0 Å². The second-order valence-electron chi connectivity index (χ2n) is 6.79. The van der Waals surface area contributed by atoms with Crippen LogP contribution in [0.2, 0.25) is 0 Å². The van der Waals surface area contributed by atoms with E-state index in [2.05, 4.69) is 5.32 Å². The van der Waals surface area contributed by atoms with E-state index >= 15 is 0 Å². The number of Topliss-reactive ketones (excluding diaryl/α,β-unsaturated/α-hetero) is 1. The van der Waals surface area contributed by atoms with Crippen molar-refractivity contribution in [2.24, 2.45) is 5.73 Å². The van der Waals surface area contributed by atoms with Gasteiger partial charge >= 0.3 is 5.97 Å². The summed E-state index contributed by atoms with van der Waals surface area (Å²) in [4.78, 5) is 39.2. The molecule has 0 aromatic heterocycles. The third-order valence-corrected chi connectivity index (χ3v) is 5.24. The Hall–Kier alpha value is -3.13. The zero-order chi connectivity index (χ0) is 19.9. The molecule has 0 saturated carbocycles. The number of allylic oxidation sites excluding steroid dienone is 1. The van der Waals surface area contributed by atoms with E-state index in [1.807, 2.05) is 0 Å². The minimum atomic E-state index is -1.67. The molecule has 1 spiro atoms. The summed E-state index contributed by atoms with van der Waals surface area (Å²) in [5.41, 5.74) is 5.46. The number of hydrogen-bond donors (Lipinski definition) is 2. The van der Waals surface area contributed by atoms with Crippen LogP contribution in [0, 0.1) is 0 Å². The quantitative estimate of drug-likeness (QED) is 0.593. The van der Waals surface area contributed by atoms with E-state index in [1.165, 1.54) is 7.11 Å². The van der Waals surface area contributed by atoms with Gasteiger partial charge in [0.1, 0.15) is 23.4 Å². The fourth-order valence-corrected chi connectivity index (χ4v) is 4.13. The smallest absolute Gasteiger partial charge is 0.341 e. The standard InChI is InChI=1S/C20H20N2O6/c1-26-9-10-27-18(24)16-17(21)28-14-8-4-7-13(23)15(14)20(16)11-5-2-3-6-12(11)22-19(20)25/h2-3,5-6H,4,7-10,21H2,1H3,(H,22,25)/t20-/m1/s1. The number of carbonyl (C=O) groups excluding carboxylic acids is 3. The summed E-state index contributed by atoms with van der Waals surface area (Å²) in [6.07, 6.45) is 1.33. The number of nitrogens with one attached hydrogen (secondary N) is 1. The molecule has 2 heterocycles. The number of amides is 1. The molecule has 1 atom stereocenters. The molecule has 0 saturated heterocycles. The highest BCUT2D eigenvalue weighted by atomic mass is 16.6. The van der Waals surface area contributed by atoms with Gasteiger partial charge in [0.15, 0.2) is 5.78 Å². The number of nitrogens with two attached hydrogens (primary N) is 1. The highest BCUT2D eigenvalue weighted by Crippen LogP contribution is 2.54. The van der Waals surface area contributed by atoms with Crippen molar-refractivity contribution >= 4 is 23.3 Å². The number of fused-ring (bicyclic) bond motifs is 3. The van der Waals surface area contributed by atoms with Crippen molar-refractivity contribution in [1.82, 2.24) is 0 Å². The summed E-state index contributed by atoms with van der Waals surface area (Å²) in [6, 6.07) is 6.93. The number of ether oxygens (including phenoxy) is 3. The van der Waals surface area contributed by atoms with Crippen molar-refractivity contribution in [3.05, 3.63) is 52.6 Å². The highest BCUT2D eigenvalue weighted by Gasteiger charge is 2.61. The Kier molecular flexibility index (Phi) is 4.43. The molecule has 146 valence electrons. The Morgan fingerprint density at radius 1 is 1.25 bits per heavy atom. The fraction of sp³-hybridized carbons (Fsp3) is 0.350. The Morgan fingerprint density at radius 3 is 2.82 bits per heavy atom. The van der Waals surface area contributed by atoms with E-state index < -0.39 is 17.3 Å². The van der Waals surface area contributed by atoms with Crippen molar-refractivity contribution in [2.75, 3.05) is 25.6 Å². The van der Waals surface area contributed by atoms with E-state index in [9.17, 15) is 14.4 Å². The summed E-state index contributed by atoms with van der Waals surface area (Å²) in [6.45, 7) is 0.160. The largest absolute Gasteiger partial charge is 0.460 e. The molecule has 1 aromatic carbocycles.